The van der Waals surface area contributed by atoms with Gasteiger partial charge in [-0.1, -0.05) is 0 Å². The van der Waals surface area contributed by atoms with Gasteiger partial charge in [0.05, 0.1) is 25.9 Å². The van der Waals surface area contributed by atoms with E-state index in [9.17, 15) is 9.59 Å². The number of ether oxygens (including phenoxy) is 4. The van der Waals surface area contributed by atoms with Gasteiger partial charge in [0.1, 0.15) is 11.2 Å². The molecule has 9 heteroatoms. The van der Waals surface area contributed by atoms with E-state index >= 15 is 0 Å². The van der Waals surface area contributed by atoms with E-state index in [-0.39, 0.29) is 24.3 Å². The van der Waals surface area contributed by atoms with Gasteiger partial charge >= 0.3 is 12.2 Å². The highest BCUT2D eigenvalue weighted by atomic mass is 16.6. The number of methoxy groups -OCH3 is 1. The van der Waals surface area contributed by atoms with Gasteiger partial charge in [0.15, 0.2) is 0 Å². The molecular formula is C22H43N3O6. The quantitative estimate of drug-likeness (QED) is 0.584. The van der Waals surface area contributed by atoms with Crippen molar-refractivity contribution >= 4 is 12.2 Å². The van der Waals surface area contributed by atoms with Crippen molar-refractivity contribution in [3.63, 3.8) is 0 Å². The minimum atomic E-state index is -0.546. The molecule has 1 aliphatic heterocycles. The van der Waals surface area contributed by atoms with Crippen LogP contribution in [0.4, 0.5) is 9.59 Å². The smallest absolute Gasteiger partial charge is 0.410 e. The fraction of sp³-hybridized carbons (Fsp3) is 0.909. The predicted molar refractivity (Wildman–Crippen MR) is 119 cm³/mol. The Morgan fingerprint density at radius 2 is 1.77 bits per heavy atom. The minimum absolute atomic E-state index is 0.0541. The Balaban J connectivity index is 2.55. The summed E-state index contributed by atoms with van der Waals surface area (Å²) in [7, 11) is 1.61. The summed E-state index contributed by atoms with van der Waals surface area (Å²) in [6, 6.07) is 0.0705. The lowest BCUT2D eigenvalue weighted by Gasteiger charge is -2.37. The van der Waals surface area contributed by atoms with Crippen molar-refractivity contribution < 1.29 is 28.5 Å². The van der Waals surface area contributed by atoms with Crippen LogP contribution >= 0.6 is 0 Å². The SMILES string of the molecule is COCCN(CCNC(C)CC1COCCN1C(=O)OC(C)(C)C)C(=O)OC(C)(C)C. The van der Waals surface area contributed by atoms with Gasteiger partial charge in [-0.05, 0) is 54.9 Å². The van der Waals surface area contributed by atoms with Crippen LogP contribution in [0.5, 0.6) is 0 Å². The summed E-state index contributed by atoms with van der Waals surface area (Å²) in [4.78, 5) is 28.4. The normalized spacial score (nSPS) is 18.5. The molecule has 31 heavy (non-hydrogen) atoms. The van der Waals surface area contributed by atoms with E-state index in [1.54, 1.807) is 16.9 Å². The van der Waals surface area contributed by atoms with Crippen molar-refractivity contribution in [2.24, 2.45) is 0 Å². The molecule has 1 N–H and O–H groups in total. The van der Waals surface area contributed by atoms with Crippen molar-refractivity contribution in [2.75, 3.05) is 53.1 Å². The average molecular weight is 446 g/mol. The molecular weight excluding hydrogens is 402 g/mol. The molecule has 0 aromatic carbocycles. The van der Waals surface area contributed by atoms with Gasteiger partial charge in [0, 0.05) is 39.3 Å². The lowest BCUT2D eigenvalue weighted by Crippen LogP contribution is -2.52. The van der Waals surface area contributed by atoms with Gasteiger partial charge in [0.25, 0.3) is 0 Å². The highest BCUT2D eigenvalue weighted by Crippen LogP contribution is 2.17. The molecule has 0 aliphatic carbocycles. The van der Waals surface area contributed by atoms with Crippen LogP contribution in [0.1, 0.15) is 54.9 Å². The average Bonchev–Trinajstić information content (AvgIpc) is 2.62. The monoisotopic (exact) mass is 445 g/mol. The van der Waals surface area contributed by atoms with Gasteiger partial charge in [-0.25, -0.2) is 9.59 Å². The largest absolute Gasteiger partial charge is 0.444 e. The van der Waals surface area contributed by atoms with Crippen molar-refractivity contribution in [1.29, 1.82) is 0 Å². The number of rotatable bonds is 9. The highest BCUT2D eigenvalue weighted by molar-refractivity contribution is 5.69. The zero-order chi connectivity index (χ0) is 23.7. The van der Waals surface area contributed by atoms with Crippen molar-refractivity contribution in [3.05, 3.63) is 0 Å². The molecule has 1 heterocycles. The van der Waals surface area contributed by atoms with E-state index in [1.165, 1.54) is 0 Å². The molecule has 1 rings (SSSR count). The fourth-order valence-electron chi connectivity index (χ4n) is 3.17. The van der Waals surface area contributed by atoms with Gasteiger partial charge in [0.2, 0.25) is 0 Å². The second kappa shape index (κ2) is 12.5. The number of carbonyl (C=O) groups is 2. The molecule has 1 fully saturated rings. The van der Waals surface area contributed by atoms with Crippen LogP contribution in [0, 0.1) is 0 Å². The molecule has 1 saturated heterocycles. The summed E-state index contributed by atoms with van der Waals surface area (Å²) in [5.41, 5.74) is -1.08. The molecule has 0 aromatic heterocycles. The first-order valence-corrected chi connectivity index (χ1v) is 11.1. The van der Waals surface area contributed by atoms with Crippen LogP contribution in [0.3, 0.4) is 0 Å². The first kappa shape index (κ1) is 27.5. The number of nitrogens with one attached hydrogen (secondary N) is 1. The Labute approximate surface area is 187 Å². The Kier molecular flexibility index (Phi) is 11.0. The third-order valence-corrected chi connectivity index (χ3v) is 4.57. The molecule has 182 valence electrons. The predicted octanol–water partition coefficient (Wildman–Crippen LogP) is 2.87. The van der Waals surface area contributed by atoms with Crippen LogP contribution < -0.4 is 5.32 Å². The number of amides is 2. The van der Waals surface area contributed by atoms with E-state index in [4.69, 9.17) is 18.9 Å². The number of hydrogen-bond donors (Lipinski definition) is 1. The second-order valence-electron chi connectivity index (χ2n) is 9.95. The molecule has 0 saturated carbocycles. The summed E-state index contributed by atoms with van der Waals surface area (Å²) in [5, 5.41) is 3.44. The molecule has 2 atom stereocenters. The lowest BCUT2D eigenvalue weighted by atomic mass is 10.1. The van der Waals surface area contributed by atoms with E-state index < -0.39 is 11.2 Å². The van der Waals surface area contributed by atoms with Gasteiger partial charge < -0.3 is 34.1 Å². The van der Waals surface area contributed by atoms with Crippen molar-refractivity contribution in [2.45, 2.75) is 78.2 Å². The zero-order valence-electron chi connectivity index (χ0n) is 20.7. The van der Waals surface area contributed by atoms with Gasteiger partial charge in [-0.15, -0.1) is 0 Å². The summed E-state index contributed by atoms with van der Waals surface area (Å²) >= 11 is 0. The van der Waals surface area contributed by atoms with Gasteiger partial charge in [-0.2, -0.15) is 0 Å². The molecule has 0 bridgehead atoms. The maximum atomic E-state index is 12.6. The van der Waals surface area contributed by atoms with Gasteiger partial charge in [-0.3, -0.25) is 0 Å². The summed E-state index contributed by atoms with van der Waals surface area (Å²) in [6.07, 6.45) is 0.0727. The first-order valence-electron chi connectivity index (χ1n) is 11.1. The lowest BCUT2D eigenvalue weighted by molar-refractivity contribution is -0.0356. The Bertz CT molecular complexity index is 558. The van der Waals surface area contributed by atoms with E-state index in [1.807, 2.05) is 41.5 Å². The molecule has 0 spiro atoms. The van der Waals surface area contributed by atoms with E-state index in [2.05, 4.69) is 12.2 Å². The third-order valence-electron chi connectivity index (χ3n) is 4.57. The molecule has 0 aromatic rings. The summed E-state index contributed by atoms with van der Waals surface area (Å²) < 4.78 is 21.7. The van der Waals surface area contributed by atoms with Crippen LogP contribution in [-0.2, 0) is 18.9 Å². The number of nitrogens with zero attached hydrogens (tertiary/aromatic N) is 2. The molecule has 0 radical (unpaired) electrons. The van der Waals surface area contributed by atoms with E-state index in [0.29, 0.717) is 46.0 Å². The topological polar surface area (TPSA) is 89.6 Å². The molecule has 9 nitrogen and oxygen atoms in total. The number of carbonyl (C=O) groups excluding carboxylic acids is 2. The van der Waals surface area contributed by atoms with E-state index in [0.717, 1.165) is 6.42 Å². The summed E-state index contributed by atoms with van der Waals surface area (Å²) in [6.45, 7) is 16.7. The van der Waals surface area contributed by atoms with Crippen LogP contribution in [-0.4, -0.2) is 98.4 Å². The third kappa shape index (κ3) is 11.6. The second-order valence-corrected chi connectivity index (χ2v) is 9.95. The molecule has 1 aliphatic rings. The van der Waals surface area contributed by atoms with Crippen molar-refractivity contribution in [1.82, 2.24) is 15.1 Å². The van der Waals surface area contributed by atoms with Crippen LogP contribution in [0.25, 0.3) is 0 Å². The molecule has 2 unspecified atom stereocenters. The first-order chi connectivity index (χ1) is 14.3. The van der Waals surface area contributed by atoms with Crippen LogP contribution in [0.2, 0.25) is 0 Å². The Morgan fingerprint density at radius 1 is 1.13 bits per heavy atom. The number of hydrogen-bond acceptors (Lipinski definition) is 7. The maximum absolute atomic E-state index is 12.6. The fourth-order valence-corrected chi connectivity index (χ4v) is 3.17. The Morgan fingerprint density at radius 3 is 2.35 bits per heavy atom. The molecule has 2 amide bonds. The Hall–Kier alpha value is -1.58. The zero-order valence-corrected chi connectivity index (χ0v) is 20.7. The summed E-state index contributed by atoms with van der Waals surface area (Å²) in [5.74, 6) is 0. The van der Waals surface area contributed by atoms with Crippen molar-refractivity contribution in [3.8, 4) is 0 Å². The number of morpholine rings is 1. The highest BCUT2D eigenvalue weighted by Gasteiger charge is 2.32. The maximum Gasteiger partial charge on any atom is 0.410 e. The minimum Gasteiger partial charge on any atom is -0.444 e. The standard InChI is InChI=1S/C22H43N3O6/c1-17(15-18-16-29-14-12-25(18)20(27)31-22(5,6)7)23-9-10-24(11-13-28-8)19(26)30-21(2,3)4/h17-18,23H,9-16H2,1-8H3. The van der Waals surface area contributed by atoms with Crippen LogP contribution in [0.15, 0.2) is 0 Å².